The molecule has 0 spiro atoms. The summed E-state index contributed by atoms with van der Waals surface area (Å²) in [6.45, 7) is 6.59. The number of hydrogen-bond acceptors (Lipinski definition) is 2. The van der Waals surface area contributed by atoms with Crippen molar-refractivity contribution in [2.75, 3.05) is 19.7 Å². The molecule has 0 aliphatic carbocycles. The molecule has 88 valence electrons. The van der Waals surface area contributed by atoms with Crippen LogP contribution < -0.4 is 5.32 Å². The molecule has 1 aromatic rings. The normalized spacial score (nSPS) is 25.7. The fourth-order valence-corrected chi connectivity index (χ4v) is 2.68. The number of hydrogen-bond donors (Lipinski definition) is 2. The van der Waals surface area contributed by atoms with E-state index >= 15 is 0 Å². The third-order valence-corrected chi connectivity index (χ3v) is 3.68. The van der Waals surface area contributed by atoms with Crippen LogP contribution in [0.5, 0.6) is 0 Å². The van der Waals surface area contributed by atoms with Crippen LogP contribution in [0, 0.1) is 19.8 Å². The topological polar surface area (TPSA) is 32.3 Å². The molecule has 0 amide bonds. The van der Waals surface area contributed by atoms with Gasteiger partial charge in [0.05, 0.1) is 0 Å². The largest absolute Gasteiger partial charge is 0.396 e. The second kappa shape index (κ2) is 4.98. The molecule has 0 aromatic heterocycles. The highest BCUT2D eigenvalue weighted by atomic mass is 16.3. The Balaban J connectivity index is 2.30. The van der Waals surface area contributed by atoms with Gasteiger partial charge in [0, 0.05) is 19.1 Å². The molecule has 1 aliphatic rings. The summed E-state index contributed by atoms with van der Waals surface area (Å²) in [5.74, 6) is 0.889. The molecule has 1 aromatic carbocycles. The summed E-state index contributed by atoms with van der Waals surface area (Å²) in [4.78, 5) is 0. The van der Waals surface area contributed by atoms with Gasteiger partial charge >= 0.3 is 0 Å². The molecule has 2 N–H and O–H groups in total. The second-order valence-electron chi connectivity index (χ2n) is 4.90. The van der Waals surface area contributed by atoms with Gasteiger partial charge in [-0.1, -0.05) is 23.8 Å². The van der Waals surface area contributed by atoms with Gasteiger partial charge in [-0.15, -0.1) is 0 Å². The first-order chi connectivity index (χ1) is 7.72. The molecule has 1 heterocycles. The van der Waals surface area contributed by atoms with Crippen molar-refractivity contribution in [3.05, 3.63) is 34.9 Å². The van der Waals surface area contributed by atoms with Crippen molar-refractivity contribution in [1.29, 1.82) is 0 Å². The Morgan fingerprint density at radius 3 is 2.94 bits per heavy atom. The number of aryl methyl sites for hydroxylation is 2. The molecule has 0 bridgehead atoms. The molecule has 2 unspecified atom stereocenters. The van der Waals surface area contributed by atoms with E-state index in [1.54, 1.807) is 0 Å². The Labute approximate surface area is 97.7 Å². The number of benzene rings is 1. The zero-order chi connectivity index (χ0) is 11.5. The molecule has 0 saturated carbocycles. The Morgan fingerprint density at radius 2 is 2.19 bits per heavy atom. The van der Waals surface area contributed by atoms with Crippen LogP contribution in [-0.4, -0.2) is 24.8 Å². The molecule has 1 fully saturated rings. The smallest absolute Gasteiger partial charge is 0.0477 e. The predicted octanol–water partition coefficient (Wildman–Crippen LogP) is 1.99. The fraction of sp³-hybridized carbons (Fsp3) is 0.571. The summed E-state index contributed by atoms with van der Waals surface area (Å²) in [6.07, 6.45) is 1.13. The van der Waals surface area contributed by atoms with Gasteiger partial charge in [-0.25, -0.2) is 0 Å². The number of aliphatic hydroxyl groups excluding tert-OH is 1. The van der Waals surface area contributed by atoms with Crippen LogP contribution in [0.15, 0.2) is 18.2 Å². The second-order valence-corrected chi connectivity index (χ2v) is 4.90. The predicted molar refractivity (Wildman–Crippen MR) is 66.7 cm³/mol. The van der Waals surface area contributed by atoms with E-state index in [4.69, 9.17) is 0 Å². The van der Waals surface area contributed by atoms with Crippen molar-refractivity contribution < 1.29 is 5.11 Å². The standard InChI is InChI=1S/C14H21NO/c1-10-3-4-11(2)14(7-10)13-5-6-15-8-12(13)9-16/h3-4,7,12-13,15-16H,5-6,8-9H2,1-2H3. The van der Waals surface area contributed by atoms with Gasteiger partial charge in [-0.3, -0.25) is 0 Å². The summed E-state index contributed by atoms with van der Waals surface area (Å²) in [5, 5.41) is 12.8. The van der Waals surface area contributed by atoms with Crippen LogP contribution in [0.1, 0.15) is 29.0 Å². The summed E-state index contributed by atoms with van der Waals surface area (Å²) in [6, 6.07) is 6.64. The fourth-order valence-electron chi connectivity index (χ4n) is 2.68. The number of nitrogens with one attached hydrogen (secondary N) is 1. The first-order valence-corrected chi connectivity index (χ1v) is 6.11. The Morgan fingerprint density at radius 1 is 1.38 bits per heavy atom. The van der Waals surface area contributed by atoms with Crippen LogP contribution in [0.2, 0.25) is 0 Å². The minimum Gasteiger partial charge on any atom is -0.396 e. The average molecular weight is 219 g/mol. The summed E-state index contributed by atoms with van der Waals surface area (Å²) >= 11 is 0. The lowest BCUT2D eigenvalue weighted by molar-refractivity contribution is 0.179. The van der Waals surface area contributed by atoms with Crippen LogP contribution >= 0.6 is 0 Å². The first-order valence-electron chi connectivity index (χ1n) is 6.11. The highest BCUT2D eigenvalue weighted by Gasteiger charge is 2.26. The lowest BCUT2D eigenvalue weighted by Crippen LogP contribution is -2.37. The Bertz CT molecular complexity index is 362. The minimum absolute atomic E-state index is 0.283. The van der Waals surface area contributed by atoms with E-state index in [9.17, 15) is 5.11 Å². The molecule has 2 nitrogen and oxygen atoms in total. The van der Waals surface area contributed by atoms with E-state index in [1.165, 1.54) is 16.7 Å². The van der Waals surface area contributed by atoms with Crippen molar-refractivity contribution in [1.82, 2.24) is 5.32 Å². The van der Waals surface area contributed by atoms with Crippen molar-refractivity contribution in [3.8, 4) is 0 Å². The summed E-state index contributed by atoms with van der Waals surface area (Å²) in [7, 11) is 0. The zero-order valence-electron chi connectivity index (χ0n) is 10.2. The summed E-state index contributed by atoms with van der Waals surface area (Å²) < 4.78 is 0. The number of rotatable bonds is 2. The van der Waals surface area contributed by atoms with Gasteiger partial charge in [0.25, 0.3) is 0 Å². The van der Waals surface area contributed by atoms with Crippen LogP contribution in [0.3, 0.4) is 0 Å². The number of piperidine rings is 1. The quantitative estimate of drug-likeness (QED) is 0.797. The highest BCUT2D eigenvalue weighted by Crippen LogP contribution is 2.32. The van der Waals surface area contributed by atoms with Crippen molar-refractivity contribution in [2.45, 2.75) is 26.2 Å². The van der Waals surface area contributed by atoms with E-state index in [1.807, 2.05) is 0 Å². The maximum absolute atomic E-state index is 9.44. The van der Waals surface area contributed by atoms with Gasteiger partial charge in [-0.05, 0) is 43.9 Å². The lowest BCUT2D eigenvalue weighted by atomic mass is 9.79. The van der Waals surface area contributed by atoms with E-state index in [2.05, 4.69) is 37.4 Å². The molecule has 0 radical (unpaired) electrons. The van der Waals surface area contributed by atoms with Gasteiger partial charge in [0.15, 0.2) is 0 Å². The van der Waals surface area contributed by atoms with E-state index in [0.29, 0.717) is 11.8 Å². The molecular weight excluding hydrogens is 198 g/mol. The molecule has 1 aliphatic heterocycles. The molecule has 2 atom stereocenters. The van der Waals surface area contributed by atoms with E-state index < -0.39 is 0 Å². The third kappa shape index (κ3) is 2.28. The van der Waals surface area contributed by atoms with Gasteiger partial charge < -0.3 is 10.4 Å². The maximum atomic E-state index is 9.44. The maximum Gasteiger partial charge on any atom is 0.0477 e. The zero-order valence-corrected chi connectivity index (χ0v) is 10.2. The number of aliphatic hydroxyl groups is 1. The van der Waals surface area contributed by atoms with Crippen molar-refractivity contribution in [2.24, 2.45) is 5.92 Å². The minimum atomic E-state index is 0.283. The monoisotopic (exact) mass is 219 g/mol. The van der Waals surface area contributed by atoms with Gasteiger partial charge in [0.1, 0.15) is 0 Å². The van der Waals surface area contributed by atoms with Gasteiger partial charge in [-0.2, -0.15) is 0 Å². The highest BCUT2D eigenvalue weighted by molar-refractivity contribution is 5.34. The molecular formula is C14H21NO. The van der Waals surface area contributed by atoms with Crippen molar-refractivity contribution >= 4 is 0 Å². The SMILES string of the molecule is Cc1ccc(C)c(C2CCNCC2CO)c1. The Kier molecular flexibility index (Phi) is 3.62. The molecule has 16 heavy (non-hydrogen) atoms. The van der Waals surface area contributed by atoms with Crippen LogP contribution in [-0.2, 0) is 0 Å². The van der Waals surface area contributed by atoms with Gasteiger partial charge in [0.2, 0.25) is 0 Å². The molecule has 2 heteroatoms. The first kappa shape index (κ1) is 11.6. The third-order valence-electron chi connectivity index (χ3n) is 3.68. The van der Waals surface area contributed by atoms with Crippen LogP contribution in [0.4, 0.5) is 0 Å². The van der Waals surface area contributed by atoms with Crippen LogP contribution in [0.25, 0.3) is 0 Å². The van der Waals surface area contributed by atoms with Crippen molar-refractivity contribution in [3.63, 3.8) is 0 Å². The van der Waals surface area contributed by atoms with E-state index in [-0.39, 0.29) is 6.61 Å². The van der Waals surface area contributed by atoms with E-state index in [0.717, 1.165) is 19.5 Å². The molecule has 1 saturated heterocycles. The summed E-state index contributed by atoms with van der Waals surface area (Å²) in [5.41, 5.74) is 4.10. The lowest BCUT2D eigenvalue weighted by Gasteiger charge is -2.32. The molecule has 2 rings (SSSR count). The Hall–Kier alpha value is -0.860. The average Bonchev–Trinajstić information content (AvgIpc) is 2.32.